The van der Waals surface area contributed by atoms with Gasteiger partial charge in [0.25, 0.3) is 5.91 Å². The quantitative estimate of drug-likeness (QED) is 0.212. The highest BCUT2D eigenvalue weighted by Gasteiger charge is 2.56. The van der Waals surface area contributed by atoms with Gasteiger partial charge < -0.3 is 25.4 Å². The molecule has 0 atom stereocenters. The van der Waals surface area contributed by atoms with Gasteiger partial charge in [-0.3, -0.25) is 14.5 Å². The van der Waals surface area contributed by atoms with Gasteiger partial charge in [-0.25, -0.2) is 9.97 Å². The predicted molar refractivity (Wildman–Crippen MR) is 200 cm³/mol. The predicted octanol–water partition coefficient (Wildman–Crippen LogP) is 6.22. The van der Waals surface area contributed by atoms with Crippen LogP contribution in [0.5, 0.6) is 0 Å². The van der Waals surface area contributed by atoms with E-state index < -0.39 is 5.41 Å². The maximum absolute atomic E-state index is 14.7. The van der Waals surface area contributed by atoms with Crippen molar-refractivity contribution in [3.8, 4) is 11.3 Å². The Hall–Kier alpha value is -4.28. The standard InChI is InChI=1S/C41H48N8O2/c1-25-4-6-27(19-31(25)38(50)42-2)45-37-36-34(44-24-48(36)28-7-8-28)22-33(46-37)26-5-9-32-35(18-26)49(39(51)41(32)13-15-43-16-14-41)30-20-29(21-30)47-17-3-10-40(23-47)11-12-40/h4-6,9,18-19,22,24,28-30,43H,3,7-8,10-17,20-21,23H2,1-2H3,(H,42,50)(H,45,46). The number of rotatable bonds is 7. The summed E-state index contributed by atoms with van der Waals surface area (Å²) in [5.74, 6) is 0.908. The fraction of sp³-hybridized carbons (Fsp3) is 0.512. The van der Waals surface area contributed by atoms with Crippen molar-refractivity contribution in [2.24, 2.45) is 5.41 Å². The number of hydrogen-bond donors (Lipinski definition) is 3. The molecule has 0 radical (unpaired) electrons. The molecule has 3 aliphatic heterocycles. The number of nitrogens with zero attached hydrogens (tertiary/aromatic N) is 5. The molecule has 2 spiro atoms. The number of amides is 2. The molecule has 51 heavy (non-hydrogen) atoms. The first-order chi connectivity index (χ1) is 24.8. The lowest BCUT2D eigenvalue weighted by Gasteiger charge is -2.49. The van der Waals surface area contributed by atoms with E-state index in [0.717, 1.165) is 96.7 Å². The Morgan fingerprint density at radius 3 is 2.55 bits per heavy atom. The molecule has 3 N–H and O–H groups in total. The molecule has 3 saturated carbocycles. The van der Waals surface area contributed by atoms with Gasteiger partial charge in [-0.05, 0) is 132 Å². The van der Waals surface area contributed by atoms with Crippen molar-refractivity contribution >= 4 is 40.0 Å². The van der Waals surface area contributed by atoms with Gasteiger partial charge in [0, 0.05) is 54.2 Å². The molecule has 2 amide bonds. The fourth-order valence-electron chi connectivity index (χ4n) is 9.80. The zero-order valence-corrected chi connectivity index (χ0v) is 29.8. The van der Waals surface area contributed by atoms with E-state index >= 15 is 0 Å². The number of aryl methyl sites for hydroxylation is 1. The second kappa shape index (κ2) is 11.6. The number of likely N-dealkylation sites (tertiary alicyclic amines) is 1. The highest BCUT2D eigenvalue weighted by atomic mass is 16.2. The van der Waals surface area contributed by atoms with Crippen LogP contribution in [-0.4, -0.2) is 76.6 Å². The van der Waals surface area contributed by atoms with Crippen molar-refractivity contribution in [1.82, 2.24) is 30.1 Å². The Bertz CT molecular complexity index is 2070. The summed E-state index contributed by atoms with van der Waals surface area (Å²) in [4.78, 5) is 42.4. The van der Waals surface area contributed by atoms with E-state index in [1.807, 2.05) is 31.5 Å². The Balaban J connectivity index is 1.02. The first-order valence-electron chi connectivity index (χ1n) is 19.3. The van der Waals surface area contributed by atoms with Crippen molar-refractivity contribution < 1.29 is 9.59 Å². The van der Waals surface area contributed by atoms with Crippen molar-refractivity contribution in [1.29, 1.82) is 0 Å². The molecule has 5 fully saturated rings. The number of fused-ring (bicyclic) bond motifs is 3. The Kier molecular flexibility index (Phi) is 7.16. The smallest absolute Gasteiger partial charge is 0.251 e. The highest BCUT2D eigenvalue weighted by Crippen LogP contribution is 2.55. The van der Waals surface area contributed by atoms with Gasteiger partial charge in [-0.15, -0.1) is 0 Å². The molecule has 2 saturated heterocycles. The van der Waals surface area contributed by atoms with Crippen molar-refractivity contribution in [2.45, 2.75) is 94.7 Å². The molecule has 6 aliphatic rings. The van der Waals surface area contributed by atoms with Crippen molar-refractivity contribution in [3.05, 3.63) is 65.5 Å². The molecule has 10 nitrogen and oxygen atoms in total. The molecule has 10 rings (SSSR count). The summed E-state index contributed by atoms with van der Waals surface area (Å²) in [6.45, 7) is 6.14. The number of piperidine rings is 2. The molecule has 2 aromatic carbocycles. The normalized spacial score (nSPS) is 24.9. The monoisotopic (exact) mass is 684 g/mol. The van der Waals surface area contributed by atoms with Crippen LogP contribution in [0, 0.1) is 12.3 Å². The minimum Gasteiger partial charge on any atom is -0.355 e. The minimum atomic E-state index is -0.450. The van der Waals surface area contributed by atoms with Gasteiger partial charge in [0.15, 0.2) is 5.82 Å². The summed E-state index contributed by atoms with van der Waals surface area (Å²) in [6.07, 6.45) is 13.5. The first-order valence-corrected chi connectivity index (χ1v) is 19.3. The maximum Gasteiger partial charge on any atom is 0.251 e. The van der Waals surface area contributed by atoms with Gasteiger partial charge >= 0.3 is 0 Å². The van der Waals surface area contributed by atoms with E-state index in [1.165, 1.54) is 44.3 Å². The number of hydrogen-bond acceptors (Lipinski definition) is 7. The third-order valence-corrected chi connectivity index (χ3v) is 13.2. The molecule has 264 valence electrons. The molecule has 0 bridgehead atoms. The second-order valence-corrected chi connectivity index (χ2v) is 16.4. The zero-order chi connectivity index (χ0) is 34.5. The number of benzene rings is 2. The van der Waals surface area contributed by atoms with Crippen LogP contribution in [0.15, 0.2) is 48.8 Å². The lowest BCUT2D eigenvalue weighted by Crippen LogP contribution is -2.59. The summed E-state index contributed by atoms with van der Waals surface area (Å²) in [5.41, 5.74) is 8.43. The van der Waals surface area contributed by atoms with Crippen LogP contribution in [0.1, 0.15) is 91.7 Å². The van der Waals surface area contributed by atoms with E-state index in [2.05, 4.69) is 54.6 Å². The number of carbonyl (C=O) groups is 2. The Morgan fingerprint density at radius 2 is 1.78 bits per heavy atom. The van der Waals surface area contributed by atoms with Crippen molar-refractivity contribution in [3.63, 3.8) is 0 Å². The number of aromatic nitrogens is 3. The maximum atomic E-state index is 14.7. The van der Waals surface area contributed by atoms with Crippen molar-refractivity contribution in [2.75, 3.05) is 43.4 Å². The Labute approximate surface area is 299 Å². The fourth-order valence-corrected chi connectivity index (χ4v) is 9.80. The molecule has 2 aromatic heterocycles. The summed E-state index contributed by atoms with van der Waals surface area (Å²) >= 11 is 0. The average molecular weight is 685 g/mol. The lowest BCUT2D eigenvalue weighted by molar-refractivity contribution is -0.125. The second-order valence-electron chi connectivity index (χ2n) is 16.4. The minimum absolute atomic E-state index is 0.115. The van der Waals surface area contributed by atoms with E-state index in [0.29, 0.717) is 29.0 Å². The van der Waals surface area contributed by atoms with Crippen LogP contribution in [0.2, 0.25) is 0 Å². The SMILES string of the molecule is CNC(=O)c1cc(Nc2nc(-c3ccc4c(c3)N(C3CC(N5CCCC6(CC6)C5)C3)C(=O)C43CCNCC3)cc3ncn(C4CC4)c23)ccc1C. The number of carbonyl (C=O) groups excluding carboxylic acids is 2. The molecule has 3 aliphatic carbocycles. The lowest BCUT2D eigenvalue weighted by atomic mass is 9.74. The first kappa shape index (κ1) is 31.5. The van der Waals surface area contributed by atoms with Crippen LogP contribution in [0.3, 0.4) is 0 Å². The van der Waals surface area contributed by atoms with Gasteiger partial charge in [0.05, 0.1) is 23.0 Å². The number of anilines is 3. The molecule has 5 heterocycles. The number of imidazole rings is 1. The summed E-state index contributed by atoms with van der Waals surface area (Å²) in [7, 11) is 1.66. The molecular formula is C41H48N8O2. The van der Waals surface area contributed by atoms with Crippen LogP contribution >= 0.6 is 0 Å². The molecule has 0 unspecified atom stereocenters. The summed E-state index contributed by atoms with van der Waals surface area (Å²) in [6, 6.07) is 15.8. The van der Waals surface area contributed by atoms with Crippen LogP contribution < -0.4 is 20.9 Å². The summed E-state index contributed by atoms with van der Waals surface area (Å²) < 4.78 is 2.24. The summed E-state index contributed by atoms with van der Waals surface area (Å²) in [5, 5.41) is 9.85. The number of pyridine rings is 1. The van der Waals surface area contributed by atoms with Crippen LogP contribution in [0.25, 0.3) is 22.3 Å². The zero-order valence-electron chi connectivity index (χ0n) is 29.8. The van der Waals surface area contributed by atoms with E-state index in [-0.39, 0.29) is 11.9 Å². The topological polar surface area (TPSA) is 107 Å². The Morgan fingerprint density at radius 1 is 0.961 bits per heavy atom. The van der Waals surface area contributed by atoms with Gasteiger partial charge in [-0.2, -0.15) is 0 Å². The molecular weight excluding hydrogens is 637 g/mol. The van der Waals surface area contributed by atoms with E-state index in [9.17, 15) is 9.59 Å². The van der Waals surface area contributed by atoms with E-state index in [1.54, 1.807) is 7.05 Å². The largest absolute Gasteiger partial charge is 0.355 e. The molecule has 4 aromatic rings. The average Bonchev–Trinajstić information content (AvgIpc) is 4.06. The third kappa shape index (κ3) is 5.11. The molecule has 10 heteroatoms. The highest BCUT2D eigenvalue weighted by molar-refractivity contribution is 6.09. The third-order valence-electron chi connectivity index (χ3n) is 13.2. The van der Waals surface area contributed by atoms with Crippen LogP contribution in [-0.2, 0) is 10.2 Å². The van der Waals surface area contributed by atoms with Crippen LogP contribution in [0.4, 0.5) is 17.2 Å². The number of nitrogens with one attached hydrogen (secondary N) is 3. The van der Waals surface area contributed by atoms with Gasteiger partial charge in [0.2, 0.25) is 5.91 Å². The van der Waals surface area contributed by atoms with E-state index in [4.69, 9.17) is 9.97 Å². The van der Waals surface area contributed by atoms with Gasteiger partial charge in [0.1, 0.15) is 5.52 Å². The van der Waals surface area contributed by atoms with Gasteiger partial charge in [-0.1, -0.05) is 18.2 Å².